The second-order valence-corrected chi connectivity index (χ2v) is 9.05. The molecular weight excluding hydrogens is 440 g/mol. The Morgan fingerprint density at radius 2 is 2.18 bits per heavy atom. The average molecular weight is 471 g/mol. The summed E-state index contributed by atoms with van der Waals surface area (Å²) < 4.78 is 12.5. The summed E-state index contributed by atoms with van der Waals surface area (Å²) >= 11 is 0. The molecule has 1 amide bonds. The molecule has 4 N–H and O–H groups in total. The van der Waals surface area contributed by atoms with Gasteiger partial charge in [0.2, 0.25) is 0 Å². The largest absolute Gasteiger partial charge is 0.461 e. The number of alkyl carbamates (subject to hydrolysis) is 1. The number of hydrogen-bond donors (Lipinski definition) is 3. The number of nitrogens with two attached hydrogens (primary N) is 1. The van der Waals surface area contributed by atoms with E-state index in [0.717, 1.165) is 25.1 Å². The van der Waals surface area contributed by atoms with E-state index in [-0.39, 0.29) is 25.3 Å². The number of aliphatic hydroxyl groups excluding tert-OH is 1. The Bertz CT molecular complexity index is 1160. The molecule has 3 aromatic heterocycles. The molecule has 1 aliphatic heterocycles. The van der Waals surface area contributed by atoms with Crippen molar-refractivity contribution >= 4 is 23.1 Å². The second-order valence-electron chi connectivity index (χ2n) is 9.05. The van der Waals surface area contributed by atoms with Crippen molar-refractivity contribution in [1.29, 1.82) is 0 Å². The standard InChI is InChI=1S/C22H30N8O4/c1-22(2,3)34-21(32)27-14-5-4-8-29(12-14)17-11-16(30-18(17)19(23)25-13-26-30)15-6-7-24-20(28-15)33-10-9-31/h6-7,11,13-14,31H,4-5,8-10,12H2,1-3H3,(H,27,32)(H2,23,25,26)/t14-/m1/s1. The quantitative estimate of drug-likeness (QED) is 0.484. The highest BCUT2D eigenvalue weighted by atomic mass is 16.6. The first-order chi connectivity index (χ1) is 16.2. The number of carbonyl (C=O) groups excluding carboxylic acids is 1. The first-order valence-electron chi connectivity index (χ1n) is 11.2. The van der Waals surface area contributed by atoms with Crippen LogP contribution in [0.25, 0.3) is 16.9 Å². The molecule has 12 nitrogen and oxygen atoms in total. The van der Waals surface area contributed by atoms with E-state index in [1.54, 1.807) is 16.8 Å². The minimum atomic E-state index is -0.561. The van der Waals surface area contributed by atoms with E-state index in [2.05, 4.69) is 30.3 Å². The Labute approximate surface area is 197 Å². The zero-order valence-corrected chi connectivity index (χ0v) is 19.6. The van der Waals surface area contributed by atoms with Crippen molar-refractivity contribution in [2.45, 2.75) is 45.3 Å². The maximum Gasteiger partial charge on any atom is 0.407 e. The lowest BCUT2D eigenvalue weighted by Gasteiger charge is -2.34. The Kier molecular flexibility index (Phi) is 6.68. The normalized spacial score (nSPS) is 16.5. The Balaban J connectivity index is 1.64. The zero-order chi connectivity index (χ0) is 24.3. The van der Waals surface area contributed by atoms with Crippen LogP contribution in [0.15, 0.2) is 24.7 Å². The summed E-state index contributed by atoms with van der Waals surface area (Å²) in [6.45, 7) is 6.85. The number of ether oxygens (including phenoxy) is 2. The third-order valence-electron chi connectivity index (χ3n) is 5.26. The van der Waals surface area contributed by atoms with Crippen LogP contribution in [0.2, 0.25) is 0 Å². The predicted octanol–water partition coefficient (Wildman–Crippen LogP) is 1.63. The molecule has 4 heterocycles. The van der Waals surface area contributed by atoms with Crippen LogP contribution in [0.1, 0.15) is 33.6 Å². The molecule has 0 aromatic carbocycles. The summed E-state index contributed by atoms with van der Waals surface area (Å²) in [5, 5.41) is 16.4. The number of rotatable bonds is 6. The fraction of sp³-hybridized carbons (Fsp3) is 0.500. The topological polar surface area (TPSA) is 153 Å². The van der Waals surface area contributed by atoms with Gasteiger partial charge < -0.3 is 30.5 Å². The van der Waals surface area contributed by atoms with Gasteiger partial charge in [0.25, 0.3) is 0 Å². The molecule has 1 saturated heterocycles. The van der Waals surface area contributed by atoms with Crippen LogP contribution in [0, 0.1) is 0 Å². The molecule has 1 fully saturated rings. The van der Waals surface area contributed by atoms with Crippen LogP contribution in [-0.4, -0.2) is 73.7 Å². The van der Waals surface area contributed by atoms with Crippen LogP contribution < -0.4 is 20.7 Å². The van der Waals surface area contributed by atoms with Gasteiger partial charge in [0.15, 0.2) is 5.82 Å². The van der Waals surface area contributed by atoms with Crippen molar-refractivity contribution in [3.63, 3.8) is 0 Å². The van der Waals surface area contributed by atoms with Crippen molar-refractivity contribution in [2.24, 2.45) is 0 Å². The number of amides is 1. The fourth-order valence-corrected chi connectivity index (χ4v) is 3.95. The molecule has 0 radical (unpaired) electrons. The van der Waals surface area contributed by atoms with Crippen molar-refractivity contribution in [3.8, 4) is 17.4 Å². The van der Waals surface area contributed by atoms with Gasteiger partial charge in [-0.25, -0.2) is 19.3 Å². The minimum Gasteiger partial charge on any atom is -0.461 e. The molecule has 0 unspecified atom stereocenters. The summed E-state index contributed by atoms with van der Waals surface area (Å²) in [7, 11) is 0. The van der Waals surface area contributed by atoms with Gasteiger partial charge in [-0.3, -0.25) is 0 Å². The zero-order valence-electron chi connectivity index (χ0n) is 19.6. The molecule has 0 bridgehead atoms. The van der Waals surface area contributed by atoms with E-state index >= 15 is 0 Å². The molecule has 0 spiro atoms. The lowest BCUT2D eigenvalue weighted by Crippen LogP contribution is -2.49. The number of anilines is 2. The summed E-state index contributed by atoms with van der Waals surface area (Å²) in [5.41, 5.74) is 8.49. The van der Waals surface area contributed by atoms with Crippen LogP contribution in [0.3, 0.4) is 0 Å². The molecule has 3 aromatic rings. The number of hydrogen-bond acceptors (Lipinski definition) is 10. The van der Waals surface area contributed by atoms with Gasteiger partial charge in [-0.05, 0) is 45.7 Å². The highest BCUT2D eigenvalue weighted by Gasteiger charge is 2.27. The molecule has 12 heteroatoms. The second kappa shape index (κ2) is 9.67. The molecule has 4 rings (SSSR count). The van der Waals surface area contributed by atoms with Gasteiger partial charge in [0.05, 0.1) is 23.7 Å². The molecular formula is C22H30N8O4. The number of aliphatic hydroxyl groups is 1. The van der Waals surface area contributed by atoms with E-state index in [0.29, 0.717) is 29.3 Å². The van der Waals surface area contributed by atoms with Crippen molar-refractivity contribution in [2.75, 3.05) is 36.9 Å². The molecule has 182 valence electrons. The van der Waals surface area contributed by atoms with Crippen LogP contribution >= 0.6 is 0 Å². The molecule has 1 aliphatic rings. The van der Waals surface area contributed by atoms with Gasteiger partial charge in [0.1, 0.15) is 24.1 Å². The van der Waals surface area contributed by atoms with E-state index in [9.17, 15) is 4.79 Å². The number of nitrogen functional groups attached to an aromatic ring is 1. The fourth-order valence-electron chi connectivity index (χ4n) is 3.95. The third-order valence-corrected chi connectivity index (χ3v) is 5.26. The van der Waals surface area contributed by atoms with Gasteiger partial charge >= 0.3 is 12.1 Å². The molecule has 34 heavy (non-hydrogen) atoms. The van der Waals surface area contributed by atoms with Gasteiger partial charge in [-0.2, -0.15) is 10.1 Å². The maximum absolute atomic E-state index is 12.3. The molecule has 0 saturated carbocycles. The lowest BCUT2D eigenvalue weighted by atomic mass is 10.1. The van der Waals surface area contributed by atoms with Crippen molar-refractivity contribution in [1.82, 2.24) is 29.9 Å². The summed E-state index contributed by atoms with van der Waals surface area (Å²) in [4.78, 5) is 27.2. The number of piperidine rings is 1. The van der Waals surface area contributed by atoms with Crippen molar-refractivity contribution in [3.05, 3.63) is 24.7 Å². The van der Waals surface area contributed by atoms with Crippen LogP contribution in [0.4, 0.5) is 16.3 Å². The lowest BCUT2D eigenvalue weighted by molar-refractivity contribution is 0.0500. The third kappa shape index (κ3) is 5.28. The number of nitrogens with one attached hydrogen (secondary N) is 1. The predicted molar refractivity (Wildman–Crippen MR) is 126 cm³/mol. The summed E-state index contributed by atoms with van der Waals surface area (Å²) in [6, 6.07) is 3.78. The first-order valence-corrected chi connectivity index (χ1v) is 11.2. The summed E-state index contributed by atoms with van der Waals surface area (Å²) in [6.07, 6.45) is 4.27. The minimum absolute atomic E-state index is 0.0783. The van der Waals surface area contributed by atoms with E-state index in [4.69, 9.17) is 20.3 Å². The Morgan fingerprint density at radius 1 is 1.35 bits per heavy atom. The van der Waals surface area contributed by atoms with Gasteiger partial charge in [0, 0.05) is 25.3 Å². The Morgan fingerprint density at radius 3 is 2.94 bits per heavy atom. The monoisotopic (exact) mass is 470 g/mol. The van der Waals surface area contributed by atoms with Crippen LogP contribution in [0.5, 0.6) is 6.01 Å². The Hall–Kier alpha value is -3.67. The van der Waals surface area contributed by atoms with E-state index < -0.39 is 11.7 Å². The first kappa shape index (κ1) is 23.5. The van der Waals surface area contributed by atoms with Gasteiger partial charge in [-0.15, -0.1) is 0 Å². The number of carbonyl (C=O) groups is 1. The maximum atomic E-state index is 12.3. The summed E-state index contributed by atoms with van der Waals surface area (Å²) in [5.74, 6) is 0.337. The van der Waals surface area contributed by atoms with E-state index in [1.807, 2.05) is 26.8 Å². The SMILES string of the molecule is CC(C)(C)OC(=O)N[C@@H]1CCCN(c2cc(-c3ccnc(OCCO)n3)n3ncnc(N)c23)C1. The highest BCUT2D eigenvalue weighted by Crippen LogP contribution is 2.34. The highest BCUT2D eigenvalue weighted by molar-refractivity contribution is 5.88. The van der Waals surface area contributed by atoms with Gasteiger partial charge in [-0.1, -0.05) is 0 Å². The smallest absolute Gasteiger partial charge is 0.407 e. The molecule has 1 atom stereocenters. The number of aromatic nitrogens is 5. The number of nitrogens with zero attached hydrogens (tertiary/aromatic N) is 6. The van der Waals surface area contributed by atoms with Crippen LogP contribution in [-0.2, 0) is 4.74 Å². The number of fused-ring (bicyclic) bond motifs is 1. The van der Waals surface area contributed by atoms with E-state index in [1.165, 1.54) is 6.33 Å². The average Bonchev–Trinajstić information content (AvgIpc) is 3.18. The van der Waals surface area contributed by atoms with Crippen molar-refractivity contribution < 1.29 is 19.4 Å². The molecule has 0 aliphatic carbocycles.